The molecule has 0 spiro atoms. The van der Waals surface area contributed by atoms with Gasteiger partial charge in [0.05, 0.1) is 6.04 Å². The van der Waals surface area contributed by atoms with E-state index in [0.717, 1.165) is 57.3 Å². The van der Waals surface area contributed by atoms with E-state index in [1.54, 1.807) is 0 Å². The van der Waals surface area contributed by atoms with E-state index < -0.39 is 0 Å². The highest BCUT2D eigenvalue weighted by Gasteiger charge is 2.42. The Labute approximate surface area is 206 Å². The van der Waals surface area contributed by atoms with Crippen molar-refractivity contribution in [2.45, 2.75) is 103 Å². The smallest absolute Gasteiger partial charge is 0.223 e. The van der Waals surface area contributed by atoms with Gasteiger partial charge in [0.15, 0.2) is 0 Å². The van der Waals surface area contributed by atoms with Crippen LogP contribution in [0, 0.1) is 29.1 Å². The molecule has 1 amide bonds. The van der Waals surface area contributed by atoms with Gasteiger partial charge in [0.1, 0.15) is 0 Å². The van der Waals surface area contributed by atoms with Crippen molar-refractivity contribution < 1.29 is 4.79 Å². The maximum atomic E-state index is 13.2. The maximum absolute atomic E-state index is 13.2. The number of halogens is 1. The Morgan fingerprint density at radius 3 is 2.64 bits per heavy atom. The summed E-state index contributed by atoms with van der Waals surface area (Å²) in [5.41, 5.74) is 0.319. The normalized spacial score (nSPS) is 38.0. The molecule has 33 heavy (non-hydrogen) atoms. The number of carbonyl (C=O) groups excluding carboxylic acids is 1. The van der Waals surface area contributed by atoms with Gasteiger partial charge in [-0.1, -0.05) is 27.7 Å². The van der Waals surface area contributed by atoms with Gasteiger partial charge in [0, 0.05) is 49.2 Å². The number of fused-ring (bicyclic) bond motifs is 1. The number of rotatable bonds is 6. The van der Waals surface area contributed by atoms with Crippen LogP contribution < -0.4 is 10.6 Å². The predicted molar refractivity (Wildman–Crippen MR) is 138 cm³/mol. The fraction of sp³-hybridized carbons (Fsp3) is 0.926. The Bertz CT molecular complexity index is 688. The first-order valence-electron chi connectivity index (χ1n) is 13.6. The quantitative estimate of drug-likeness (QED) is 0.553. The molecule has 2 aliphatic heterocycles. The molecule has 188 valence electrons. The molecule has 5 nitrogen and oxygen atoms in total. The van der Waals surface area contributed by atoms with Crippen molar-refractivity contribution in [1.29, 1.82) is 0 Å². The molecule has 0 radical (unpaired) electrons. The summed E-state index contributed by atoms with van der Waals surface area (Å²) in [7, 11) is 0. The van der Waals surface area contributed by atoms with Crippen molar-refractivity contribution >= 4 is 23.7 Å². The Balaban J connectivity index is 1.30. The van der Waals surface area contributed by atoms with Crippen LogP contribution in [0.15, 0.2) is 4.99 Å². The van der Waals surface area contributed by atoms with Crippen molar-refractivity contribution in [3.63, 3.8) is 0 Å². The zero-order chi connectivity index (χ0) is 23.6. The average molecular weight is 479 g/mol. The molecule has 0 aromatic heterocycles. The van der Waals surface area contributed by atoms with E-state index in [1.165, 1.54) is 32.1 Å². The number of piperidine rings is 1. The molecule has 0 bridgehead atoms. The van der Waals surface area contributed by atoms with Crippen molar-refractivity contribution in [2.24, 2.45) is 34.1 Å². The third kappa shape index (κ3) is 6.32. The third-order valence-electron chi connectivity index (χ3n) is 9.20. The number of alkyl halides is 1. The molecular weight excluding hydrogens is 432 g/mol. The summed E-state index contributed by atoms with van der Waals surface area (Å²) in [6.45, 7) is 13.5. The first-order chi connectivity index (χ1) is 15.7. The molecule has 1 saturated heterocycles. The molecule has 2 aliphatic carbocycles. The van der Waals surface area contributed by atoms with Crippen LogP contribution in [0.25, 0.3) is 0 Å². The van der Waals surface area contributed by atoms with Gasteiger partial charge in [-0.2, -0.15) is 0 Å². The summed E-state index contributed by atoms with van der Waals surface area (Å²) in [5, 5.41) is 7.42. The van der Waals surface area contributed by atoms with E-state index in [0.29, 0.717) is 28.8 Å². The molecule has 2 heterocycles. The van der Waals surface area contributed by atoms with E-state index >= 15 is 0 Å². The van der Waals surface area contributed by atoms with Crippen LogP contribution in [-0.4, -0.2) is 66.7 Å². The van der Waals surface area contributed by atoms with Crippen LogP contribution in [-0.2, 0) is 4.79 Å². The molecule has 4 rings (SSSR count). The van der Waals surface area contributed by atoms with E-state index in [4.69, 9.17) is 11.6 Å². The fourth-order valence-electron chi connectivity index (χ4n) is 7.18. The number of hydrogen-bond donors (Lipinski definition) is 2. The SMILES string of the molecule is CC(C)[C@H](CN1CC[C@H](C2CCC(Cl)CC2)C(C)(C)C1)NC(=O)C1CCC2N=CCNC2C1. The van der Waals surface area contributed by atoms with Crippen molar-refractivity contribution in [3.05, 3.63) is 0 Å². The second-order valence-corrected chi connectivity index (χ2v) is 13.0. The second kappa shape index (κ2) is 11.0. The number of likely N-dealkylation sites (tertiary alicyclic amines) is 1. The Morgan fingerprint density at radius 1 is 1.18 bits per heavy atom. The molecule has 3 unspecified atom stereocenters. The number of aliphatic imine (C=N–C) groups is 1. The largest absolute Gasteiger partial charge is 0.352 e. The molecule has 3 fully saturated rings. The van der Waals surface area contributed by atoms with Gasteiger partial charge in [-0.15, -0.1) is 11.6 Å². The molecule has 0 aromatic carbocycles. The highest BCUT2D eigenvalue weighted by Crippen LogP contribution is 2.45. The van der Waals surface area contributed by atoms with Crippen molar-refractivity contribution in [2.75, 3.05) is 26.2 Å². The lowest BCUT2D eigenvalue weighted by Gasteiger charge is -2.49. The minimum absolute atomic E-state index is 0.118. The van der Waals surface area contributed by atoms with Gasteiger partial charge in [-0.05, 0) is 81.1 Å². The second-order valence-electron chi connectivity index (χ2n) is 12.4. The molecule has 6 heteroatoms. The van der Waals surface area contributed by atoms with Gasteiger partial charge in [-0.25, -0.2) is 0 Å². The lowest BCUT2D eigenvalue weighted by Crippen LogP contribution is -2.55. The summed E-state index contributed by atoms with van der Waals surface area (Å²) in [5.74, 6) is 2.45. The topological polar surface area (TPSA) is 56.7 Å². The summed E-state index contributed by atoms with van der Waals surface area (Å²) in [6, 6.07) is 0.948. The van der Waals surface area contributed by atoms with Gasteiger partial charge in [0.2, 0.25) is 5.91 Å². The summed E-state index contributed by atoms with van der Waals surface area (Å²) in [4.78, 5) is 20.5. The number of amides is 1. The zero-order valence-electron chi connectivity index (χ0n) is 21.4. The molecule has 2 N–H and O–H groups in total. The van der Waals surface area contributed by atoms with Gasteiger partial charge in [-0.3, -0.25) is 9.79 Å². The number of carbonyl (C=O) groups is 1. The van der Waals surface area contributed by atoms with Crippen LogP contribution in [0.3, 0.4) is 0 Å². The first kappa shape index (κ1) is 25.4. The number of nitrogens with zero attached hydrogens (tertiary/aromatic N) is 2. The summed E-state index contributed by atoms with van der Waals surface area (Å²) < 4.78 is 0. The van der Waals surface area contributed by atoms with E-state index in [2.05, 4.69) is 48.2 Å². The number of hydrogen-bond acceptors (Lipinski definition) is 4. The monoisotopic (exact) mass is 478 g/mol. The van der Waals surface area contributed by atoms with E-state index in [9.17, 15) is 4.79 Å². The molecule has 4 aliphatic rings. The molecule has 2 saturated carbocycles. The standard InChI is InChI=1S/C27H47ClN4O/c1-18(2)25(31-26(33)20-7-10-23-24(15-20)30-13-12-29-23)16-32-14-11-22(27(3,4)17-32)19-5-8-21(28)9-6-19/h12,18-25,30H,5-11,13-17H2,1-4H3,(H,31,33)/t19?,20?,21?,22-,23?,24?,25+/m1/s1. The molecule has 0 aromatic rings. The Hall–Kier alpha value is -0.650. The van der Waals surface area contributed by atoms with Crippen LogP contribution in [0.2, 0.25) is 0 Å². The summed E-state index contributed by atoms with van der Waals surface area (Å²) in [6.07, 6.45) is 11.1. The van der Waals surface area contributed by atoms with Crippen LogP contribution in [0.5, 0.6) is 0 Å². The summed E-state index contributed by atoms with van der Waals surface area (Å²) >= 11 is 6.38. The van der Waals surface area contributed by atoms with Crippen LogP contribution in [0.4, 0.5) is 0 Å². The minimum Gasteiger partial charge on any atom is -0.352 e. The highest BCUT2D eigenvalue weighted by atomic mass is 35.5. The average Bonchev–Trinajstić information content (AvgIpc) is 2.78. The van der Waals surface area contributed by atoms with Crippen LogP contribution in [0.1, 0.15) is 79.1 Å². The predicted octanol–water partition coefficient (Wildman–Crippen LogP) is 4.48. The first-order valence-corrected chi connectivity index (χ1v) is 14.1. The highest BCUT2D eigenvalue weighted by molar-refractivity contribution is 6.20. The van der Waals surface area contributed by atoms with Crippen LogP contribution >= 0.6 is 11.6 Å². The fourth-order valence-corrected chi connectivity index (χ4v) is 7.43. The Morgan fingerprint density at radius 2 is 1.94 bits per heavy atom. The molecule has 5 atom stereocenters. The third-order valence-corrected chi connectivity index (χ3v) is 9.64. The minimum atomic E-state index is 0.118. The number of nitrogens with one attached hydrogen (secondary N) is 2. The van der Waals surface area contributed by atoms with Gasteiger partial charge in [0.25, 0.3) is 0 Å². The van der Waals surface area contributed by atoms with E-state index in [-0.39, 0.29) is 17.9 Å². The molecular formula is C27H47ClN4O. The lowest BCUT2D eigenvalue weighted by atomic mass is 9.64. The maximum Gasteiger partial charge on any atom is 0.223 e. The van der Waals surface area contributed by atoms with E-state index in [1.807, 2.05) is 6.21 Å². The lowest BCUT2D eigenvalue weighted by molar-refractivity contribution is -0.127. The van der Waals surface area contributed by atoms with Gasteiger partial charge < -0.3 is 15.5 Å². The van der Waals surface area contributed by atoms with Crippen molar-refractivity contribution in [3.8, 4) is 0 Å². The van der Waals surface area contributed by atoms with Gasteiger partial charge >= 0.3 is 0 Å². The zero-order valence-corrected chi connectivity index (χ0v) is 22.1. The Kier molecular flexibility index (Phi) is 8.44. The van der Waals surface area contributed by atoms with Crippen molar-refractivity contribution in [1.82, 2.24) is 15.5 Å².